The molecule has 6 rings (SSSR count). The summed E-state index contributed by atoms with van der Waals surface area (Å²) >= 11 is 0. The second kappa shape index (κ2) is 13.9. The molecular weight excluding hydrogens is 564 g/mol. The molecule has 0 unspecified atom stereocenters. The number of furan rings is 1. The molecule has 0 spiro atoms. The first kappa shape index (κ1) is 30.2. The molecule has 0 saturated carbocycles. The first-order chi connectivity index (χ1) is 22.6. The molecule has 6 aromatic rings. The topological polar surface area (TPSA) is 53.5 Å². The molecule has 1 heterocycles. The molecule has 0 amide bonds. The van der Waals surface area contributed by atoms with Gasteiger partial charge in [0.2, 0.25) is 0 Å². The number of para-hydroxylation sites is 2. The molecule has 46 heavy (non-hydrogen) atoms. The average molecular weight is 601 g/mol. The van der Waals surface area contributed by atoms with Gasteiger partial charge >= 0.3 is 0 Å². The van der Waals surface area contributed by atoms with E-state index in [1.807, 2.05) is 80.6 Å². The maximum Gasteiger partial charge on any atom is 0.160 e. The van der Waals surface area contributed by atoms with Gasteiger partial charge in [-0.1, -0.05) is 109 Å². The van der Waals surface area contributed by atoms with Gasteiger partial charge in [-0.25, -0.2) is 9.98 Å². The highest BCUT2D eigenvalue weighted by Gasteiger charge is 2.17. The van der Waals surface area contributed by atoms with E-state index in [4.69, 9.17) is 14.4 Å². The van der Waals surface area contributed by atoms with E-state index in [1.165, 1.54) is 0 Å². The van der Waals surface area contributed by atoms with E-state index >= 15 is 0 Å². The lowest BCUT2D eigenvalue weighted by Gasteiger charge is -2.20. The maximum atomic E-state index is 6.53. The van der Waals surface area contributed by atoms with Gasteiger partial charge in [0.25, 0.3) is 0 Å². The predicted octanol–water partition coefficient (Wildman–Crippen LogP) is 10.6. The van der Waals surface area contributed by atoms with Crippen molar-refractivity contribution in [1.29, 1.82) is 0 Å². The van der Waals surface area contributed by atoms with E-state index in [0.29, 0.717) is 18.2 Å². The third-order valence-electron chi connectivity index (χ3n) is 8.02. The van der Waals surface area contributed by atoms with Crippen LogP contribution in [0.5, 0.6) is 0 Å². The van der Waals surface area contributed by atoms with Crippen molar-refractivity contribution in [3.63, 3.8) is 0 Å². The third-order valence-corrected chi connectivity index (χ3v) is 8.02. The minimum absolute atomic E-state index is 0.379. The largest absolute Gasteiger partial charge is 0.456 e. The fourth-order valence-corrected chi connectivity index (χ4v) is 5.62. The number of aliphatic imine (C=N–C) groups is 3. The van der Waals surface area contributed by atoms with Crippen LogP contribution in [-0.4, -0.2) is 25.4 Å². The van der Waals surface area contributed by atoms with Gasteiger partial charge in [0.1, 0.15) is 11.2 Å². The van der Waals surface area contributed by atoms with Crippen molar-refractivity contribution < 1.29 is 4.42 Å². The van der Waals surface area contributed by atoms with E-state index in [2.05, 4.69) is 96.5 Å². The summed E-state index contributed by atoms with van der Waals surface area (Å²) in [7, 11) is 2.09. The number of fused-ring (bicyclic) bond motifs is 3. The summed E-state index contributed by atoms with van der Waals surface area (Å²) in [5.74, 6) is 1.10. The van der Waals surface area contributed by atoms with Gasteiger partial charge in [0.05, 0.1) is 6.54 Å². The molecule has 5 nitrogen and oxygen atoms in total. The van der Waals surface area contributed by atoms with Gasteiger partial charge in [-0.2, -0.15) is 0 Å². The number of rotatable bonds is 8. The molecular formula is C41H36N4O. The smallest absolute Gasteiger partial charge is 0.160 e. The van der Waals surface area contributed by atoms with Gasteiger partial charge in [-0.05, 0) is 62.0 Å². The van der Waals surface area contributed by atoms with Gasteiger partial charge in [-0.3, -0.25) is 4.99 Å². The highest BCUT2D eigenvalue weighted by atomic mass is 16.3. The number of amidine groups is 2. The second-order valence-electron chi connectivity index (χ2n) is 10.9. The summed E-state index contributed by atoms with van der Waals surface area (Å²) in [6.07, 6.45) is 5.91. The first-order valence-electron chi connectivity index (χ1n) is 15.4. The summed E-state index contributed by atoms with van der Waals surface area (Å²) in [6, 6.07) is 41.5. The number of nitrogens with zero attached hydrogens (tertiary/aromatic N) is 4. The molecule has 0 saturated heterocycles. The van der Waals surface area contributed by atoms with Gasteiger partial charge < -0.3 is 9.32 Å². The van der Waals surface area contributed by atoms with Crippen molar-refractivity contribution in [2.75, 3.05) is 11.9 Å². The number of hydrogen-bond acceptors (Lipinski definition) is 3. The molecule has 1 aromatic heterocycles. The maximum absolute atomic E-state index is 6.53. The lowest BCUT2D eigenvalue weighted by Crippen LogP contribution is -2.08. The van der Waals surface area contributed by atoms with E-state index in [-0.39, 0.29) is 0 Å². The predicted molar refractivity (Wildman–Crippen MR) is 196 cm³/mol. The Labute approximate surface area is 270 Å². The minimum atomic E-state index is 0.379. The van der Waals surface area contributed by atoms with Crippen LogP contribution in [-0.2, 0) is 6.54 Å². The SMILES string of the molecule is C=NC(=NC(=NCc1ccc(-c2ccc(N(C)c3ccccc3)cc2)c2c1oc1ccccc12)c1ccccc1)C(/C=C\C)=C/C. The second-order valence-corrected chi connectivity index (χ2v) is 10.9. The molecule has 226 valence electrons. The van der Waals surface area contributed by atoms with Crippen LogP contribution in [0.2, 0.25) is 0 Å². The van der Waals surface area contributed by atoms with Crippen LogP contribution in [0, 0.1) is 0 Å². The number of benzene rings is 5. The molecule has 0 aliphatic heterocycles. The number of anilines is 2. The van der Waals surface area contributed by atoms with Crippen molar-refractivity contribution in [3.05, 3.63) is 156 Å². The van der Waals surface area contributed by atoms with E-state index in [1.54, 1.807) is 0 Å². The Balaban J connectivity index is 1.43. The van der Waals surface area contributed by atoms with Crippen LogP contribution in [0.25, 0.3) is 33.1 Å². The molecule has 0 aliphatic carbocycles. The zero-order valence-electron chi connectivity index (χ0n) is 26.4. The highest BCUT2D eigenvalue weighted by molar-refractivity contribution is 6.14. The molecule has 0 atom stereocenters. The Morgan fingerprint density at radius 2 is 1.46 bits per heavy atom. The van der Waals surface area contributed by atoms with Crippen LogP contribution in [0.4, 0.5) is 11.4 Å². The average Bonchev–Trinajstić information content (AvgIpc) is 3.51. The Kier molecular flexibility index (Phi) is 9.12. The fraction of sp³-hybridized carbons (Fsp3) is 0.0976. The normalized spacial score (nSPS) is 12.7. The van der Waals surface area contributed by atoms with Crippen LogP contribution in [0.3, 0.4) is 0 Å². The lowest BCUT2D eigenvalue weighted by atomic mass is 9.97. The molecule has 0 fully saturated rings. The van der Waals surface area contributed by atoms with Crippen LogP contribution in [0.1, 0.15) is 25.0 Å². The molecule has 0 N–H and O–H groups in total. The van der Waals surface area contributed by atoms with Crippen molar-refractivity contribution in [3.8, 4) is 11.1 Å². The summed E-state index contributed by atoms with van der Waals surface area (Å²) in [6.45, 7) is 8.09. The highest BCUT2D eigenvalue weighted by Crippen LogP contribution is 2.39. The van der Waals surface area contributed by atoms with Gasteiger partial charge in [0, 0.05) is 45.9 Å². The Morgan fingerprint density at radius 3 is 2.15 bits per heavy atom. The Morgan fingerprint density at radius 1 is 0.783 bits per heavy atom. The molecule has 0 bridgehead atoms. The van der Waals surface area contributed by atoms with Crippen molar-refractivity contribution in [2.45, 2.75) is 20.4 Å². The van der Waals surface area contributed by atoms with Crippen molar-refractivity contribution in [1.82, 2.24) is 0 Å². The standard InChI is InChI=1S/C41H36N4O/c1-5-15-29(6-2)40(42-3)44-41(31-16-9-7-10-17-31)43-28-32-24-27-35(38-36-20-13-14-21-37(36)46-39(32)38)30-22-25-34(26-23-30)45(4)33-18-11-8-12-19-33/h5-27H,3,28H2,1-2,4H3/b15-5-,29-6+,43-41?,44-40?. The fourth-order valence-electron chi connectivity index (χ4n) is 5.62. The number of hydrogen-bond donors (Lipinski definition) is 0. The Hall–Kier alpha value is -5.81. The molecule has 5 heteroatoms. The molecule has 0 radical (unpaired) electrons. The van der Waals surface area contributed by atoms with Crippen LogP contribution in [0.15, 0.2) is 165 Å². The van der Waals surface area contributed by atoms with Crippen molar-refractivity contribution in [2.24, 2.45) is 15.0 Å². The summed E-state index contributed by atoms with van der Waals surface area (Å²) in [5, 5.41) is 2.15. The van der Waals surface area contributed by atoms with E-state index in [0.717, 1.165) is 61.1 Å². The number of allylic oxidation sites excluding steroid dienone is 2. The lowest BCUT2D eigenvalue weighted by molar-refractivity contribution is 0.663. The zero-order chi connectivity index (χ0) is 31.9. The summed E-state index contributed by atoms with van der Waals surface area (Å²) < 4.78 is 6.53. The quantitative estimate of drug-likeness (QED) is 0.0991. The Bertz CT molecular complexity index is 2100. The summed E-state index contributed by atoms with van der Waals surface area (Å²) in [4.78, 5) is 16.3. The monoisotopic (exact) mass is 600 g/mol. The van der Waals surface area contributed by atoms with E-state index < -0.39 is 0 Å². The first-order valence-corrected chi connectivity index (χ1v) is 15.4. The molecule has 0 aliphatic rings. The minimum Gasteiger partial charge on any atom is -0.456 e. The molecule has 5 aromatic carbocycles. The van der Waals surface area contributed by atoms with Crippen LogP contribution < -0.4 is 4.90 Å². The van der Waals surface area contributed by atoms with Crippen LogP contribution >= 0.6 is 0 Å². The van der Waals surface area contributed by atoms with Gasteiger partial charge in [-0.15, -0.1) is 0 Å². The third kappa shape index (κ3) is 6.21. The zero-order valence-corrected chi connectivity index (χ0v) is 26.4. The van der Waals surface area contributed by atoms with Gasteiger partial charge in [0.15, 0.2) is 11.7 Å². The van der Waals surface area contributed by atoms with Crippen molar-refractivity contribution >= 4 is 51.7 Å². The van der Waals surface area contributed by atoms with E-state index in [9.17, 15) is 0 Å². The summed E-state index contributed by atoms with van der Waals surface area (Å²) in [5.41, 5.74) is 8.93.